The van der Waals surface area contributed by atoms with Crippen molar-refractivity contribution < 1.29 is 9.59 Å². The van der Waals surface area contributed by atoms with E-state index in [2.05, 4.69) is 5.32 Å². The molecule has 1 saturated heterocycles. The van der Waals surface area contributed by atoms with Crippen LogP contribution < -0.4 is 11.1 Å². The molecule has 134 valence electrons. The van der Waals surface area contributed by atoms with Crippen LogP contribution in [0.5, 0.6) is 0 Å². The molecule has 0 aromatic carbocycles. The first kappa shape index (κ1) is 20.2. The molecule has 1 aliphatic carbocycles. The highest BCUT2D eigenvalue weighted by molar-refractivity contribution is 5.85. The number of nitrogens with one attached hydrogen (secondary N) is 1. The molecule has 1 aliphatic heterocycles. The van der Waals surface area contributed by atoms with Gasteiger partial charge in [0.1, 0.15) is 0 Å². The monoisotopic (exact) mass is 345 g/mol. The van der Waals surface area contributed by atoms with E-state index < -0.39 is 0 Å². The smallest absolute Gasteiger partial charge is 0.225 e. The average molecular weight is 346 g/mol. The predicted octanol–water partition coefficient (Wildman–Crippen LogP) is 1.94. The number of carbonyl (C=O) groups excluding carboxylic acids is 2. The largest absolute Gasteiger partial charge is 0.353 e. The zero-order valence-electron chi connectivity index (χ0n) is 14.4. The Balaban J connectivity index is 0.00000264. The lowest BCUT2D eigenvalue weighted by molar-refractivity contribution is -0.138. The summed E-state index contributed by atoms with van der Waals surface area (Å²) in [5.41, 5.74) is 5.83. The number of rotatable bonds is 4. The van der Waals surface area contributed by atoms with E-state index in [0.29, 0.717) is 25.6 Å². The molecule has 1 heterocycles. The van der Waals surface area contributed by atoms with Crippen LogP contribution in [0.25, 0.3) is 0 Å². The summed E-state index contributed by atoms with van der Waals surface area (Å²) in [5.74, 6) is 0.895. The van der Waals surface area contributed by atoms with Gasteiger partial charge in [-0.05, 0) is 38.1 Å². The van der Waals surface area contributed by atoms with E-state index in [9.17, 15) is 9.59 Å². The van der Waals surface area contributed by atoms with Crippen LogP contribution in [0.4, 0.5) is 0 Å². The van der Waals surface area contributed by atoms with Crippen LogP contribution in [0.15, 0.2) is 0 Å². The van der Waals surface area contributed by atoms with Crippen molar-refractivity contribution in [2.75, 3.05) is 19.6 Å². The van der Waals surface area contributed by atoms with E-state index >= 15 is 0 Å². The molecule has 0 bridgehead atoms. The molecule has 2 fully saturated rings. The molecular formula is C17H32ClN3O2. The van der Waals surface area contributed by atoms with Gasteiger partial charge in [0, 0.05) is 31.0 Å². The first-order valence-corrected chi connectivity index (χ1v) is 8.82. The summed E-state index contributed by atoms with van der Waals surface area (Å²) in [4.78, 5) is 26.4. The highest BCUT2D eigenvalue weighted by Gasteiger charge is 2.31. The lowest BCUT2D eigenvalue weighted by Crippen LogP contribution is -2.49. The van der Waals surface area contributed by atoms with Crippen molar-refractivity contribution in [3.63, 3.8) is 0 Å². The number of carbonyl (C=O) groups is 2. The maximum atomic E-state index is 12.5. The van der Waals surface area contributed by atoms with Crippen molar-refractivity contribution in [1.82, 2.24) is 10.2 Å². The Labute approximate surface area is 146 Å². The number of hydrogen-bond acceptors (Lipinski definition) is 3. The van der Waals surface area contributed by atoms with Crippen LogP contribution in [0.3, 0.4) is 0 Å². The lowest BCUT2D eigenvalue weighted by atomic mass is 9.84. The lowest BCUT2D eigenvalue weighted by Gasteiger charge is -2.35. The molecule has 2 rings (SSSR count). The Morgan fingerprint density at radius 3 is 2.30 bits per heavy atom. The summed E-state index contributed by atoms with van der Waals surface area (Å²) in [6.45, 7) is 5.93. The van der Waals surface area contributed by atoms with Gasteiger partial charge in [-0.3, -0.25) is 9.59 Å². The van der Waals surface area contributed by atoms with Crippen molar-refractivity contribution in [3.05, 3.63) is 0 Å². The van der Waals surface area contributed by atoms with Gasteiger partial charge < -0.3 is 16.0 Å². The molecule has 3 N–H and O–H groups in total. The fraction of sp³-hybridized carbons (Fsp3) is 0.882. The number of hydrogen-bond donors (Lipinski definition) is 2. The predicted molar refractivity (Wildman–Crippen MR) is 94.3 cm³/mol. The number of likely N-dealkylation sites (tertiary alicyclic amines) is 1. The number of halogens is 1. The third-order valence-electron chi connectivity index (χ3n) is 5.21. The van der Waals surface area contributed by atoms with Gasteiger partial charge in [-0.1, -0.05) is 26.7 Å². The molecule has 0 aromatic heterocycles. The Kier molecular flexibility index (Phi) is 8.34. The SMILES string of the molecule is CC(C)C(=O)N1CCC(C(=O)NC2CCCCC2CN)CC1.Cl. The van der Waals surface area contributed by atoms with E-state index in [-0.39, 0.29) is 42.1 Å². The molecule has 5 nitrogen and oxygen atoms in total. The van der Waals surface area contributed by atoms with E-state index in [0.717, 1.165) is 25.7 Å². The Bertz CT molecular complexity index is 395. The van der Waals surface area contributed by atoms with Crippen LogP contribution in [-0.4, -0.2) is 42.4 Å². The normalized spacial score (nSPS) is 25.8. The van der Waals surface area contributed by atoms with Gasteiger partial charge >= 0.3 is 0 Å². The van der Waals surface area contributed by atoms with Gasteiger partial charge in [0.25, 0.3) is 0 Å². The van der Waals surface area contributed by atoms with Gasteiger partial charge in [0.15, 0.2) is 0 Å². The van der Waals surface area contributed by atoms with E-state index in [4.69, 9.17) is 5.73 Å². The second-order valence-corrected chi connectivity index (χ2v) is 7.15. The minimum atomic E-state index is 0. The molecule has 6 heteroatoms. The Morgan fingerprint density at radius 1 is 1.13 bits per heavy atom. The van der Waals surface area contributed by atoms with E-state index in [1.165, 1.54) is 12.8 Å². The molecule has 2 aliphatic rings. The summed E-state index contributed by atoms with van der Waals surface area (Å²) in [6, 6.07) is 0.251. The molecule has 2 atom stereocenters. The van der Waals surface area contributed by atoms with Crippen molar-refractivity contribution in [2.45, 2.75) is 58.4 Å². The minimum Gasteiger partial charge on any atom is -0.353 e. The molecule has 0 spiro atoms. The van der Waals surface area contributed by atoms with Crippen LogP contribution in [0, 0.1) is 17.8 Å². The highest BCUT2D eigenvalue weighted by Crippen LogP contribution is 2.25. The van der Waals surface area contributed by atoms with Gasteiger partial charge in [0.05, 0.1) is 0 Å². The number of nitrogens with zero attached hydrogens (tertiary/aromatic N) is 1. The fourth-order valence-corrected chi connectivity index (χ4v) is 3.71. The summed E-state index contributed by atoms with van der Waals surface area (Å²) in [5, 5.41) is 3.23. The van der Waals surface area contributed by atoms with Crippen molar-refractivity contribution in [3.8, 4) is 0 Å². The molecule has 0 radical (unpaired) electrons. The number of piperidine rings is 1. The van der Waals surface area contributed by atoms with Crippen LogP contribution in [-0.2, 0) is 9.59 Å². The van der Waals surface area contributed by atoms with Crippen molar-refractivity contribution >= 4 is 24.2 Å². The van der Waals surface area contributed by atoms with E-state index in [1.54, 1.807) is 0 Å². The third-order valence-corrected chi connectivity index (χ3v) is 5.21. The first-order chi connectivity index (χ1) is 10.5. The topological polar surface area (TPSA) is 75.4 Å². The highest BCUT2D eigenvalue weighted by atomic mass is 35.5. The molecular weight excluding hydrogens is 314 g/mol. The number of amides is 2. The van der Waals surface area contributed by atoms with Crippen LogP contribution in [0.2, 0.25) is 0 Å². The zero-order valence-corrected chi connectivity index (χ0v) is 15.2. The van der Waals surface area contributed by atoms with Gasteiger partial charge in [-0.25, -0.2) is 0 Å². The summed E-state index contributed by atoms with van der Waals surface area (Å²) < 4.78 is 0. The fourth-order valence-electron chi connectivity index (χ4n) is 3.71. The van der Waals surface area contributed by atoms with E-state index in [1.807, 2.05) is 18.7 Å². The molecule has 1 saturated carbocycles. The van der Waals surface area contributed by atoms with Crippen molar-refractivity contribution in [1.29, 1.82) is 0 Å². The maximum Gasteiger partial charge on any atom is 0.225 e. The Morgan fingerprint density at radius 2 is 1.74 bits per heavy atom. The van der Waals surface area contributed by atoms with Gasteiger partial charge in [-0.15, -0.1) is 12.4 Å². The summed E-state index contributed by atoms with van der Waals surface area (Å²) in [6.07, 6.45) is 6.16. The average Bonchev–Trinajstić information content (AvgIpc) is 2.54. The van der Waals surface area contributed by atoms with Crippen LogP contribution in [0.1, 0.15) is 52.4 Å². The third kappa shape index (κ3) is 5.35. The molecule has 0 aromatic rings. The zero-order chi connectivity index (χ0) is 16.1. The maximum absolute atomic E-state index is 12.5. The standard InChI is InChI=1S/C17H31N3O2.ClH/c1-12(2)17(22)20-9-7-13(8-10-20)16(21)19-15-6-4-3-5-14(15)11-18;/h12-15H,3-11,18H2,1-2H3,(H,19,21);1H. The van der Waals surface area contributed by atoms with Crippen molar-refractivity contribution in [2.24, 2.45) is 23.5 Å². The molecule has 2 unspecified atom stereocenters. The van der Waals surface area contributed by atoms with Gasteiger partial charge in [0.2, 0.25) is 11.8 Å². The Hall–Kier alpha value is -0.810. The van der Waals surface area contributed by atoms with Gasteiger partial charge in [-0.2, -0.15) is 0 Å². The summed E-state index contributed by atoms with van der Waals surface area (Å²) >= 11 is 0. The first-order valence-electron chi connectivity index (χ1n) is 8.82. The molecule has 2 amide bonds. The van der Waals surface area contributed by atoms with Crippen LogP contribution >= 0.6 is 12.4 Å². The number of nitrogens with two attached hydrogens (primary N) is 1. The second kappa shape index (κ2) is 9.48. The quantitative estimate of drug-likeness (QED) is 0.817. The summed E-state index contributed by atoms with van der Waals surface area (Å²) in [7, 11) is 0. The second-order valence-electron chi connectivity index (χ2n) is 7.15. The minimum absolute atomic E-state index is 0. The molecule has 23 heavy (non-hydrogen) atoms.